The van der Waals surface area contributed by atoms with Crippen LogP contribution in [0.1, 0.15) is 0 Å². The molecule has 1 N–H and O–H groups in total. The van der Waals surface area contributed by atoms with E-state index < -0.39 is 0 Å². The van der Waals surface area contributed by atoms with E-state index in [4.69, 9.17) is 0 Å². The number of hydrogen-bond donors (Lipinski definition) is 1. The summed E-state index contributed by atoms with van der Waals surface area (Å²) < 4.78 is 14.0. The summed E-state index contributed by atoms with van der Waals surface area (Å²) in [6, 6.07) is 30.3. The Morgan fingerprint density at radius 1 is 0.677 bits per heavy atom. The van der Waals surface area contributed by atoms with Crippen molar-refractivity contribution in [2.24, 2.45) is 0 Å². The van der Waals surface area contributed by atoms with E-state index in [0.717, 1.165) is 33.3 Å². The lowest BCUT2D eigenvalue weighted by molar-refractivity contribution is 0.628. The van der Waals surface area contributed by atoms with Crippen LogP contribution < -0.4 is 5.43 Å². The van der Waals surface area contributed by atoms with Crippen molar-refractivity contribution in [1.82, 2.24) is 4.98 Å². The second kappa shape index (κ2) is 8.12. The second-order valence-electron chi connectivity index (χ2n) is 7.33. The Labute approximate surface area is 192 Å². The van der Waals surface area contributed by atoms with E-state index in [1.165, 1.54) is 12.1 Å². The molecule has 2 nitrogen and oxygen atoms in total. The zero-order chi connectivity index (χ0) is 21.4. The van der Waals surface area contributed by atoms with E-state index >= 15 is 0 Å². The predicted octanol–water partition coefficient (Wildman–Crippen LogP) is 7.27. The van der Waals surface area contributed by atoms with Gasteiger partial charge in [-0.2, -0.15) is 0 Å². The molecule has 0 spiro atoms. The summed E-state index contributed by atoms with van der Waals surface area (Å²) in [5.41, 5.74) is 6.22. The lowest BCUT2D eigenvalue weighted by atomic mass is 9.95. The third kappa shape index (κ3) is 3.68. The fraction of sp³-hybridized carbons (Fsp3) is 0. The third-order valence-electron chi connectivity index (χ3n) is 5.38. The molecule has 5 rings (SSSR count). The summed E-state index contributed by atoms with van der Waals surface area (Å²) in [5.74, 6) is -0.306. The molecule has 4 heteroatoms. The van der Waals surface area contributed by atoms with Crippen molar-refractivity contribution < 1.29 is 4.39 Å². The van der Waals surface area contributed by atoms with E-state index in [9.17, 15) is 9.18 Å². The minimum absolute atomic E-state index is 0.0383. The van der Waals surface area contributed by atoms with E-state index in [-0.39, 0.29) is 11.2 Å². The normalized spacial score (nSPS) is 11.0. The van der Waals surface area contributed by atoms with Crippen molar-refractivity contribution in [2.45, 2.75) is 0 Å². The van der Waals surface area contributed by atoms with Crippen molar-refractivity contribution in [2.75, 3.05) is 0 Å². The van der Waals surface area contributed by atoms with Gasteiger partial charge in [0.25, 0.3) is 0 Å². The fourth-order valence-electron chi connectivity index (χ4n) is 3.83. The highest BCUT2D eigenvalue weighted by molar-refractivity contribution is 14.1. The maximum Gasteiger partial charge on any atom is 0.203 e. The average Bonchev–Trinajstić information content (AvgIpc) is 2.82. The van der Waals surface area contributed by atoms with Crippen molar-refractivity contribution in [1.29, 1.82) is 0 Å². The molecule has 1 heterocycles. The van der Waals surface area contributed by atoms with Crippen LogP contribution in [0.5, 0.6) is 0 Å². The molecule has 0 atom stereocenters. The monoisotopic (exact) mass is 517 g/mol. The maximum absolute atomic E-state index is 13.5. The minimum Gasteiger partial charge on any atom is -0.353 e. The van der Waals surface area contributed by atoms with Gasteiger partial charge in [-0.15, -0.1) is 0 Å². The van der Waals surface area contributed by atoms with E-state index in [1.54, 1.807) is 12.1 Å². The van der Waals surface area contributed by atoms with Gasteiger partial charge in [-0.3, -0.25) is 4.79 Å². The molecule has 150 valence electrons. The molecule has 0 bridgehead atoms. The zero-order valence-electron chi connectivity index (χ0n) is 16.4. The van der Waals surface area contributed by atoms with Gasteiger partial charge in [-0.1, -0.05) is 60.7 Å². The number of rotatable bonds is 3. The van der Waals surface area contributed by atoms with Crippen molar-refractivity contribution in [3.63, 3.8) is 0 Å². The van der Waals surface area contributed by atoms with Crippen LogP contribution >= 0.6 is 22.6 Å². The molecule has 0 aliphatic rings. The molecule has 1 aromatic heterocycles. The summed E-state index contributed by atoms with van der Waals surface area (Å²) in [6.07, 6.45) is 0. The highest BCUT2D eigenvalue weighted by Crippen LogP contribution is 2.34. The van der Waals surface area contributed by atoms with Crippen molar-refractivity contribution in [3.05, 3.63) is 117 Å². The Morgan fingerprint density at radius 3 is 1.94 bits per heavy atom. The van der Waals surface area contributed by atoms with Gasteiger partial charge in [0.15, 0.2) is 0 Å². The summed E-state index contributed by atoms with van der Waals surface area (Å²) >= 11 is 2.08. The highest BCUT2D eigenvalue weighted by Gasteiger charge is 2.16. The van der Waals surface area contributed by atoms with E-state index in [1.807, 2.05) is 66.7 Å². The number of nitrogens with one attached hydrogen (secondary N) is 1. The molecule has 4 aromatic carbocycles. The molecule has 0 radical (unpaired) electrons. The predicted molar refractivity (Wildman–Crippen MR) is 134 cm³/mol. The highest BCUT2D eigenvalue weighted by atomic mass is 127. The van der Waals surface area contributed by atoms with Crippen molar-refractivity contribution in [3.8, 4) is 33.5 Å². The largest absolute Gasteiger partial charge is 0.353 e. The van der Waals surface area contributed by atoms with Gasteiger partial charge in [0, 0.05) is 10.9 Å². The molecule has 0 saturated carbocycles. The van der Waals surface area contributed by atoms with Gasteiger partial charge in [-0.05, 0) is 81.2 Å². The molecule has 0 saturated heterocycles. The second-order valence-corrected chi connectivity index (χ2v) is 8.41. The molecule has 31 heavy (non-hydrogen) atoms. The number of H-pyrrole nitrogens is 1. The molecule has 5 aromatic rings. The lowest BCUT2D eigenvalue weighted by Gasteiger charge is -2.14. The SMILES string of the molecule is O=c1c(I)c(-c2ccc(F)cc2)[nH]c2c(-c3ccccc3)cc(-c3ccccc3)cc12. The smallest absolute Gasteiger partial charge is 0.203 e. The van der Waals surface area contributed by atoms with Gasteiger partial charge in [0.2, 0.25) is 5.43 Å². The first kappa shape index (κ1) is 19.7. The first-order chi connectivity index (χ1) is 15.1. The lowest BCUT2D eigenvalue weighted by Crippen LogP contribution is -2.10. The summed E-state index contributed by atoms with van der Waals surface area (Å²) in [4.78, 5) is 16.9. The van der Waals surface area contributed by atoms with Crippen LogP contribution in [0, 0.1) is 9.39 Å². The molecule has 0 aliphatic heterocycles. The molecule has 0 aliphatic carbocycles. The zero-order valence-corrected chi connectivity index (χ0v) is 18.6. The van der Waals surface area contributed by atoms with Crippen LogP contribution in [0.2, 0.25) is 0 Å². The standard InChI is InChI=1S/C27H17FINO/c28-21-13-11-19(12-14-21)25-24(29)27(31)23-16-20(17-7-3-1-4-8-17)15-22(26(23)30-25)18-9-5-2-6-10-18/h1-16H,(H,30,31). The first-order valence-corrected chi connectivity index (χ1v) is 11.0. The Bertz CT molecular complexity index is 1440. The Morgan fingerprint density at radius 2 is 1.29 bits per heavy atom. The Kier molecular flexibility index (Phi) is 5.16. The molecular formula is C27H17FINO. The summed E-state index contributed by atoms with van der Waals surface area (Å²) in [5, 5.41) is 0.635. The van der Waals surface area contributed by atoms with Crippen molar-refractivity contribution >= 4 is 33.5 Å². The minimum atomic E-state index is -0.306. The van der Waals surface area contributed by atoms with Crippen LogP contribution in [0.25, 0.3) is 44.4 Å². The number of halogens is 2. The van der Waals surface area contributed by atoms with Gasteiger partial charge >= 0.3 is 0 Å². The van der Waals surface area contributed by atoms with E-state index in [0.29, 0.717) is 14.7 Å². The Hall–Kier alpha value is -3.25. The first-order valence-electron chi connectivity index (χ1n) is 9.88. The third-order valence-corrected chi connectivity index (χ3v) is 6.41. The number of aromatic nitrogens is 1. The van der Waals surface area contributed by atoms with Crippen LogP contribution in [-0.4, -0.2) is 4.98 Å². The maximum atomic E-state index is 13.5. The number of aromatic amines is 1. The van der Waals surface area contributed by atoms with Gasteiger partial charge in [0.1, 0.15) is 5.82 Å². The van der Waals surface area contributed by atoms with E-state index in [2.05, 4.69) is 33.6 Å². The molecule has 0 fully saturated rings. The number of hydrogen-bond acceptors (Lipinski definition) is 1. The summed E-state index contributed by atoms with van der Waals surface area (Å²) in [6.45, 7) is 0. The average molecular weight is 517 g/mol. The summed E-state index contributed by atoms with van der Waals surface area (Å²) in [7, 11) is 0. The van der Waals surface area contributed by atoms with Crippen LogP contribution in [0.4, 0.5) is 4.39 Å². The van der Waals surface area contributed by atoms with Gasteiger partial charge < -0.3 is 4.98 Å². The Balaban J connectivity index is 1.86. The van der Waals surface area contributed by atoms with Crippen LogP contribution in [0.15, 0.2) is 102 Å². The quantitative estimate of drug-likeness (QED) is 0.251. The van der Waals surface area contributed by atoms with Crippen LogP contribution in [0.3, 0.4) is 0 Å². The molecule has 0 unspecified atom stereocenters. The number of benzene rings is 4. The number of fused-ring (bicyclic) bond motifs is 1. The van der Waals surface area contributed by atoms with Gasteiger partial charge in [-0.25, -0.2) is 4.39 Å². The van der Waals surface area contributed by atoms with Gasteiger partial charge in [0.05, 0.1) is 14.8 Å². The fourth-order valence-corrected chi connectivity index (χ4v) is 4.56. The molecule has 0 amide bonds. The number of pyridine rings is 1. The topological polar surface area (TPSA) is 32.9 Å². The molecular weight excluding hydrogens is 500 g/mol. The van der Waals surface area contributed by atoms with Crippen LogP contribution in [-0.2, 0) is 0 Å².